The molecule has 1 fully saturated rings. The van der Waals surface area contributed by atoms with Gasteiger partial charge in [-0.2, -0.15) is 11.8 Å². The van der Waals surface area contributed by atoms with Gasteiger partial charge in [-0.3, -0.25) is 0 Å². The summed E-state index contributed by atoms with van der Waals surface area (Å²) in [6.07, 6.45) is 5.72. The lowest BCUT2D eigenvalue weighted by molar-refractivity contribution is 0.174. The minimum atomic E-state index is -0.344. The normalized spacial score (nSPS) is 27.1. The molecule has 0 amide bonds. The smallest absolute Gasteiger partial charge is 0.101 e. The predicted octanol–water partition coefficient (Wildman–Crippen LogP) is 2.66. The molecular formula is C12H19NOS2. The second kappa shape index (κ2) is 6.05. The lowest BCUT2D eigenvalue weighted by Gasteiger charge is -2.20. The van der Waals surface area contributed by atoms with Crippen molar-refractivity contribution < 1.29 is 5.11 Å². The van der Waals surface area contributed by atoms with Crippen LogP contribution >= 0.6 is 23.1 Å². The first-order valence-corrected chi connectivity index (χ1v) is 7.95. The summed E-state index contributed by atoms with van der Waals surface area (Å²) in [5, 5.41) is 16.2. The van der Waals surface area contributed by atoms with Gasteiger partial charge in [-0.15, -0.1) is 11.3 Å². The predicted molar refractivity (Wildman–Crippen MR) is 72.2 cm³/mol. The Labute approximate surface area is 105 Å². The highest BCUT2D eigenvalue weighted by molar-refractivity contribution is 7.99. The number of rotatable bonds is 5. The van der Waals surface area contributed by atoms with Gasteiger partial charge in [0.05, 0.1) is 0 Å². The van der Waals surface area contributed by atoms with E-state index in [9.17, 15) is 5.11 Å². The molecule has 0 radical (unpaired) electrons. The molecule has 2 N–H and O–H groups in total. The van der Waals surface area contributed by atoms with Crippen LogP contribution in [0.1, 0.15) is 30.2 Å². The van der Waals surface area contributed by atoms with Crippen molar-refractivity contribution in [2.45, 2.75) is 36.7 Å². The van der Waals surface area contributed by atoms with Gasteiger partial charge in [-0.05, 0) is 30.5 Å². The highest BCUT2D eigenvalue weighted by Gasteiger charge is 2.26. The number of hydrogen-bond donors (Lipinski definition) is 2. The molecule has 1 aromatic heterocycles. The first-order valence-electron chi connectivity index (χ1n) is 5.79. The largest absolute Gasteiger partial charge is 0.386 e. The lowest BCUT2D eigenvalue weighted by Crippen LogP contribution is -2.36. The summed E-state index contributed by atoms with van der Waals surface area (Å²) in [6.45, 7) is 0.683. The van der Waals surface area contributed by atoms with E-state index >= 15 is 0 Å². The maximum atomic E-state index is 9.97. The first kappa shape index (κ1) is 12.4. The third-order valence-electron chi connectivity index (χ3n) is 3.20. The molecule has 2 rings (SSSR count). The third kappa shape index (κ3) is 3.00. The number of hydrogen-bond acceptors (Lipinski definition) is 4. The fourth-order valence-corrected chi connectivity index (χ4v) is 3.96. The van der Waals surface area contributed by atoms with Crippen molar-refractivity contribution in [1.29, 1.82) is 0 Å². The molecule has 0 aliphatic heterocycles. The van der Waals surface area contributed by atoms with E-state index in [-0.39, 0.29) is 6.10 Å². The summed E-state index contributed by atoms with van der Waals surface area (Å²) in [6, 6.07) is 4.57. The van der Waals surface area contributed by atoms with E-state index in [2.05, 4.69) is 11.6 Å². The van der Waals surface area contributed by atoms with Crippen LogP contribution in [0.25, 0.3) is 0 Å². The van der Waals surface area contributed by atoms with Gasteiger partial charge in [0.15, 0.2) is 0 Å². The van der Waals surface area contributed by atoms with Gasteiger partial charge in [-0.1, -0.05) is 12.5 Å². The van der Waals surface area contributed by atoms with E-state index in [4.69, 9.17) is 0 Å². The SMILES string of the molecule is CSC1CCCC1NCC(O)c1cccs1. The molecule has 3 unspecified atom stereocenters. The Kier molecular flexibility index (Phi) is 4.70. The minimum absolute atomic E-state index is 0.344. The van der Waals surface area contributed by atoms with Crippen molar-refractivity contribution in [1.82, 2.24) is 5.32 Å². The highest BCUT2D eigenvalue weighted by atomic mass is 32.2. The van der Waals surface area contributed by atoms with Gasteiger partial charge in [0.25, 0.3) is 0 Å². The standard InChI is InChI=1S/C12H19NOS2/c1-15-11-5-2-4-9(11)13-8-10(14)12-6-3-7-16-12/h3,6-7,9-11,13-14H,2,4-5,8H2,1H3. The summed E-state index contributed by atoms with van der Waals surface area (Å²) < 4.78 is 0. The molecular weight excluding hydrogens is 238 g/mol. The van der Waals surface area contributed by atoms with Crippen LogP contribution in [0.4, 0.5) is 0 Å². The van der Waals surface area contributed by atoms with Crippen LogP contribution in [-0.4, -0.2) is 29.2 Å². The zero-order chi connectivity index (χ0) is 11.4. The maximum Gasteiger partial charge on any atom is 0.101 e. The van der Waals surface area contributed by atoms with Crippen LogP contribution in [-0.2, 0) is 0 Å². The second-order valence-electron chi connectivity index (χ2n) is 4.25. The molecule has 0 bridgehead atoms. The first-order chi connectivity index (χ1) is 7.81. The van der Waals surface area contributed by atoms with E-state index in [1.54, 1.807) is 11.3 Å². The molecule has 1 aliphatic carbocycles. The Balaban J connectivity index is 1.78. The van der Waals surface area contributed by atoms with Gasteiger partial charge in [0, 0.05) is 22.7 Å². The summed E-state index contributed by atoms with van der Waals surface area (Å²) in [5.74, 6) is 0. The van der Waals surface area contributed by atoms with Crippen LogP contribution in [0.3, 0.4) is 0 Å². The molecule has 4 heteroatoms. The number of thioether (sulfide) groups is 1. The molecule has 0 spiro atoms. The van der Waals surface area contributed by atoms with Crippen LogP contribution in [0.2, 0.25) is 0 Å². The summed E-state index contributed by atoms with van der Waals surface area (Å²) in [5.41, 5.74) is 0. The van der Waals surface area contributed by atoms with E-state index in [1.165, 1.54) is 19.3 Å². The van der Waals surface area contributed by atoms with Gasteiger partial charge in [0.1, 0.15) is 6.10 Å². The van der Waals surface area contributed by atoms with Crippen molar-refractivity contribution in [2.24, 2.45) is 0 Å². The number of thiophene rings is 1. The molecule has 1 heterocycles. The quantitative estimate of drug-likeness (QED) is 0.850. The molecule has 3 atom stereocenters. The van der Waals surface area contributed by atoms with E-state index in [0.29, 0.717) is 12.6 Å². The van der Waals surface area contributed by atoms with Crippen LogP contribution in [0.15, 0.2) is 17.5 Å². The minimum Gasteiger partial charge on any atom is -0.386 e. The highest BCUT2D eigenvalue weighted by Crippen LogP contribution is 2.28. The number of nitrogens with one attached hydrogen (secondary N) is 1. The second-order valence-corrected chi connectivity index (χ2v) is 6.31. The molecule has 2 nitrogen and oxygen atoms in total. The Hall–Kier alpha value is -0.0300. The maximum absolute atomic E-state index is 9.97. The average Bonchev–Trinajstić information content (AvgIpc) is 2.96. The van der Waals surface area contributed by atoms with Gasteiger partial charge < -0.3 is 10.4 Å². The van der Waals surface area contributed by atoms with Gasteiger partial charge in [0.2, 0.25) is 0 Å². The van der Waals surface area contributed by atoms with E-state index < -0.39 is 0 Å². The Morgan fingerprint density at radius 1 is 1.62 bits per heavy atom. The number of aliphatic hydroxyl groups excluding tert-OH is 1. The zero-order valence-corrected chi connectivity index (χ0v) is 11.2. The molecule has 1 saturated carbocycles. The Bertz CT molecular complexity index is 302. The van der Waals surface area contributed by atoms with Crippen LogP contribution in [0.5, 0.6) is 0 Å². The van der Waals surface area contributed by atoms with Gasteiger partial charge in [-0.25, -0.2) is 0 Å². The van der Waals surface area contributed by atoms with Crippen molar-refractivity contribution in [3.63, 3.8) is 0 Å². The average molecular weight is 257 g/mol. The molecule has 16 heavy (non-hydrogen) atoms. The Morgan fingerprint density at radius 2 is 2.50 bits per heavy atom. The van der Waals surface area contributed by atoms with E-state index in [0.717, 1.165) is 10.1 Å². The molecule has 0 saturated heterocycles. The summed E-state index contributed by atoms with van der Waals surface area (Å²) >= 11 is 3.57. The van der Waals surface area contributed by atoms with Crippen molar-refractivity contribution in [3.8, 4) is 0 Å². The molecule has 0 aromatic carbocycles. The van der Waals surface area contributed by atoms with Crippen LogP contribution < -0.4 is 5.32 Å². The van der Waals surface area contributed by atoms with Gasteiger partial charge >= 0.3 is 0 Å². The lowest BCUT2D eigenvalue weighted by atomic mass is 10.2. The molecule has 90 valence electrons. The fourth-order valence-electron chi connectivity index (χ4n) is 2.29. The van der Waals surface area contributed by atoms with Crippen molar-refractivity contribution >= 4 is 23.1 Å². The summed E-state index contributed by atoms with van der Waals surface area (Å²) in [4.78, 5) is 1.06. The number of aliphatic hydroxyl groups is 1. The Morgan fingerprint density at radius 3 is 3.19 bits per heavy atom. The third-order valence-corrected chi connectivity index (χ3v) is 5.34. The molecule has 1 aliphatic rings. The van der Waals surface area contributed by atoms with Crippen molar-refractivity contribution in [3.05, 3.63) is 22.4 Å². The van der Waals surface area contributed by atoms with Crippen LogP contribution in [0, 0.1) is 0 Å². The molecule has 1 aromatic rings. The monoisotopic (exact) mass is 257 g/mol. The topological polar surface area (TPSA) is 32.3 Å². The van der Waals surface area contributed by atoms with E-state index in [1.807, 2.05) is 29.3 Å². The van der Waals surface area contributed by atoms with Crippen molar-refractivity contribution in [2.75, 3.05) is 12.8 Å². The summed E-state index contributed by atoms with van der Waals surface area (Å²) in [7, 11) is 0. The fraction of sp³-hybridized carbons (Fsp3) is 0.667. The zero-order valence-electron chi connectivity index (χ0n) is 9.56.